The van der Waals surface area contributed by atoms with Crippen molar-refractivity contribution in [3.8, 4) is 0 Å². The summed E-state index contributed by atoms with van der Waals surface area (Å²) in [4.78, 5) is 0. The molecule has 0 radical (unpaired) electrons. The molecule has 1 heterocycles. The molecule has 0 spiro atoms. The molecule has 1 N–H and O–H groups in total. The van der Waals surface area contributed by atoms with E-state index in [-0.39, 0.29) is 6.04 Å². The van der Waals surface area contributed by atoms with E-state index >= 15 is 0 Å². The summed E-state index contributed by atoms with van der Waals surface area (Å²) in [5, 5.41) is 7.38. The molecule has 110 valence electrons. The molecule has 19 heavy (non-hydrogen) atoms. The van der Waals surface area contributed by atoms with Crippen molar-refractivity contribution in [1.82, 2.24) is 15.1 Å². The van der Waals surface area contributed by atoms with Crippen LogP contribution in [0.15, 0.2) is 0 Å². The van der Waals surface area contributed by atoms with Gasteiger partial charge in [-0.05, 0) is 34.1 Å². The average Bonchev–Trinajstić information content (AvgIpc) is 2.51. The van der Waals surface area contributed by atoms with Crippen molar-refractivity contribution < 1.29 is 13.2 Å². The zero-order valence-corrected chi connectivity index (χ0v) is 12.1. The summed E-state index contributed by atoms with van der Waals surface area (Å²) in [6.45, 7) is 8.50. The van der Waals surface area contributed by atoms with Crippen molar-refractivity contribution in [2.24, 2.45) is 0 Å². The van der Waals surface area contributed by atoms with Crippen LogP contribution in [0, 0.1) is 13.8 Å². The summed E-state index contributed by atoms with van der Waals surface area (Å²) in [5.74, 6) is 0. The Bertz CT molecular complexity index is 424. The molecule has 0 saturated carbocycles. The molecule has 0 aliphatic carbocycles. The van der Waals surface area contributed by atoms with Gasteiger partial charge in [-0.25, -0.2) is 0 Å². The lowest BCUT2D eigenvalue weighted by Gasteiger charge is -2.19. The summed E-state index contributed by atoms with van der Waals surface area (Å²) in [6, 6.07) is 0.316. The van der Waals surface area contributed by atoms with E-state index in [0.717, 1.165) is 16.7 Å². The predicted molar refractivity (Wildman–Crippen MR) is 69.1 cm³/mol. The fourth-order valence-electron chi connectivity index (χ4n) is 2.29. The lowest BCUT2D eigenvalue weighted by molar-refractivity contribution is -0.142. The second-order valence-electron chi connectivity index (χ2n) is 5.05. The summed E-state index contributed by atoms with van der Waals surface area (Å²) in [7, 11) is 0. The van der Waals surface area contributed by atoms with Gasteiger partial charge < -0.3 is 5.32 Å². The van der Waals surface area contributed by atoms with Crippen LogP contribution in [0.3, 0.4) is 0 Å². The standard InChI is InChI=1S/C13H22F3N3/c1-6-8(2)17-9(3)12-10(4)18-19(11(12)5)7-13(14,15)16/h8-9,17H,6-7H2,1-5H3/t8-,9-/m1/s1. The second-order valence-corrected chi connectivity index (χ2v) is 5.05. The summed E-state index contributed by atoms with van der Waals surface area (Å²) in [6.07, 6.45) is -3.27. The summed E-state index contributed by atoms with van der Waals surface area (Å²) >= 11 is 0. The van der Waals surface area contributed by atoms with Crippen LogP contribution in [0.25, 0.3) is 0 Å². The van der Waals surface area contributed by atoms with Gasteiger partial charge in [-0.1, -0.05) is 6.92 Å². The fraction of sp³-hybridized carbons (Fsp3) is 0.769. The number of hydrogen-bond acceptors (Lipinski definition) is 2. The van der Waals surface area contributed by atoms with Crippen molar-refractivity contribution >= 4 is 0 Å². The molecule has 1 rings (SSSR count). The highest BCUT2D eigenvalue weighted by molar-refractivity contribution is 5.28. The Hall–Kier alpha value is -1.04. The van der Waals surface area contributed by atoms with Crippen LogP contribution in [-0.4, -0.2) is 22.0 Å². The number of halogens is 3. The first-order valence-corrected chi connectivity index (χ1v) is 6.52. The van der Waals surface area contributed by atoms with Crippen molar-refractivity contribution in [1.29, 1.82) is 0 Å². The molecule has 0 aliphatic heterocycles. The van der Waals surface area contributed by atoms with E-state index in [0.29, 0.717) is 17.4 Å². The number of nitrogens with zero attached hydrogens (tertiary/aromatic N) is 2. The largest absolute Gasteiger partial charge is 0.408 e. The lowest BCUT2D eigenvalue weighted by Crippen LogP contribution is -2.29. The van der Waals surface area contributed by atoms with Crippen LogP contribution >= 0.6 is 0 Å². The third-order valence-corrected chi connectivity index (χ3v) is 3.35. The van der Waals surface area contributed by atoms with Gasteiger partial charge in [-0.3, -0.25) is 4.68 Å². The van der Waals surface area contributed by atoms with Crippen LogP contribution in [0.1, 0.15) is 50.2 Å². The quantitative estimate of drug-likeness (QED) is 0.892. The van der Waals surface area contributed by atoms with Crippen molar-refractivity contribution in [3.63, 3.8) is 0 Å². The van der Waals surface area contributed by atoms with Gasteiger partial charge in [0.25, 0.3) is 0 Å². The molecule has 0 fully saturated rings. The Balaban J connectivity index is 2.96. The molecule has 6 heteroatoms. The van der Waals surface area contributed by atoms with E-state index in [1.54, 1.807) is 13.8 Å². The van der Waals surface area contributed by atoms with E-state index in [1.165, 1.54) is 0 Å². The zero-order chi connectivity index (χ0) is 14.8. The highest BCUT2D eigenvalue weighted by atomic mass is 19.4. The minimum Gasteiger partial charge on any atom is -0.308 e. The smallest absolute Gasteiger partial charge is 0.308 e. The van der Waals surface area contributed by atoms with Crippen LogP contribution in [0.5, 0.6) is 0 Å². The maximum absolute atomic E-state index is 12.5. The van der Waals surface area contributed by atoms with Gasteiger partial charge in [0.2, 0.25) is 0 Å². The highest BCUT2D eigenvalue weighted by Crippen LogP contribution is 2.25. The van der Waals surface area contributed by atoms with Crippen LogP contribution in [0.4, 0.5) is 13.2 Å². The maximum Gasteiger partial charge on any atom is 0.408 e. The molecule has 1 aromatic rings. The summed E-state index contributed by atoms with van der Waals surface area (Å²) < 4.78 is 38.4. The highest BCUT2D eigenvalue weighted by Gasteiger charge is 2.30. The van der Waals surface area contributed by atoms with E-state index < -0.39 is 12.7 Å². The third kappa shape index (κ3) is 4.23. The SMILES string of the molecule is CC[C@@H](C)N[C@H](C)c1c(C)nn(CC(F)(F)F)c1C. The third-order valence-electron chi connectivity index (χ3n) is 3.35. The van der Waals surface area contributed by atoms with Gasteiger partial charge in [0.05, 0.1) is 5.69 Å². The number of rotatable bonds is 5. The van der Waals surface area contributed by atoms with Gasteiger partial charge in [-0.15, -0.1) is 0 Å². The Morgan fingerprint density at radius 3 is 2.32 bits per heavy atom. The number of nitrogens with one attached hydrogen (secondary N) is 1. The van der Waals surface area contributed by atoms with Gasteiger partial charge in [0.1, 0.15) is 6.54 Å². The maximum atomic E-state index is 12.5. The molecule has 0 aromatic carbocycles. The van der Waals surface area contributed by atoms with E-state index in [2.05, 4.69) is 24.3 Å². The zero-order valence-electron chi connectivity index (χ0n) is 12.1. The predicted octanol–water partition coefficient (Wildman–Crippen LogP) is 3.51. The molecule has 0 aliphatic rings. The fourth-order valence-corrected chi connectivity index (χ4v) is 2.29. The number of aryl methyl sites for hydroxylation is 1. The van der Waals surface area contributed by atoms with Gasteiger partial charge in [0.15, 0.2) is 0 Å². The Kier molecular flexibility index (Phi) is 5.01. The first-order chi connectivity index (χ1) is 8.65. The van der Waals surface area contributed by atoms with Crippen LogP contribution in [-0.2, 0) is 6.54 Å². The topological polar surface area (TPSA) is 29.9 Å². The minimum absolute atomic E-state index is 0.00284. The van der Waals surface area contributed by atoms with Crippen LogP contribution < -0.4 is 5.32 Å². The second kappa shape index (κ2) is 5.94. The first kappa shape index (κ1) is 16.0. The molecular weight excluding hydrogens is 255 g/mol. The number of hydrogen-bond donors (Lipinski definition) is 1. The Morgan fingerprint density at radius 2 is 1.84 bits per heavy atom. The number of alkyl halides is 3. The first-order valence-electron chi connectivity index (χ1n) is 6.52. The van der Waals surface area contributed by atoms with Crippen molar-refractivity contribution in [2.75, 3.05) is 0 Å². The Labute approximate surface area is 112 Å². The van der Waals surface area contributed by atoms with Gasteiger partial charge in [0, 0.05) is 23.3 Å². The van der Waals surface area contributed by atoms with E-state index in [4.69, 9.17) is 0 Å². The molecule has 1 aromatic heterocycles. The molecule has 0 amide bonds. The molecule has 0 unspecified atom stereocenters. The average molecular weight is 277 g/mol. The van der Waals surface area contributed by atoms with Gasteiger partial charge in [-0.2, -0.15) is 18.3 Å². The monoisotopic (exact) mass is 277 g/mol. The number of aromatic nitrogens is 2. The normalized spacial score (nSPS) is 15.6. The lowest BCUT2D eigenvalue weighted by atomic mass is 10.1. The van der Waals surface area contributed by atoms with Crippen LogP contribution in [0.2, 0.25) is 0 Å². The summed E-state index contributed by atoms with van der Waals surface area (Å²) in [5.41, 5.74) is 2.10. The van der Waals surface area contributed by atoms with E-state index in [9.17, 15) is 13.2 Å². The molecule has 0 saturated heterocycles. The Morgan fingerprint density at radius 1 is 1.26 bits per heavy atom. The van der Waals surface area contributed by atoms with Crippen molar-refractivity contribution in [3.05, 3.63) is 17.0 Å². The molecule has 3 nitrogen and oxygen atoms in total. The molecular formula is C13H22F3N3. The minimum atomic E-state index is -4.24. The van der Waals surface area contributed by atoms with Gasteiger partial charge >= 0.3 is 6.18 Å². The molecule has 2 atom stereocenters. The van der Waals surface area contributed by atoms with Crippen molar-refractivity contribution in [2.45, 2.75) is 65.8 Å². The molecule has 0 bridgehead atoms. The van der Waals surface area contributed by atoms with E-state index in [1.807, 2.05) is 6.92 Å².